The van der Waals surface area contributed by atoms with Gasteiger partial charge in [0.25, 0.3) is 0 Å². The maximum absolute atomic E-state index is 12.7. The number of amides is 2. The predicted octanol–water partition coefficient (Wildman–Crippen LogP) is 1.79. The Kier molecular flexibility index (Phi) is 5.72. The molecule has 4 nitrogen and oxygen atoms in total. The summed E-state index contributed by atoms with van der Waals surface area (Å²) < 4.78 is 12.7. The fourth-order valence-electron chi connectivity index (χ4n) is 2.57. The van der Waals surface area contributed by atoms with E-state index in [9.17, 15) is 14.0 Å². The molecule has 0 aliphatic heterocycles. The minimum atomic E-state index is -0.311. The van der Waals surface area contributed by atoms with E-state index >= 15 is 0 Å². The molecule has 0 unspecified atom stereocenters. The van der Waals surface area contributed by atoms with Crippen molar-refractivity contribution in [2.24, 2.45) is 5.92 Å². The average Bonchev–Trinajstić information content (AvgIpc) is 3.00. The monoisotopic (exact) mass is 292 g/mol. The number of hydrogen-bond donors (Lipinski definition) is 2. The molecule has 0 spiro atoms. The van der Waals surface area contributed by atoms with E-state index in [2.05, 4.69) is 10.6 Å². The lowest BCUT2D eigenvalue weighted by molar-refractivity contribution is -0.125. The first-order chi connectivity index (χ1) is 10.1. The summed E-state index contributed by atoms with van der Waals surface area (Å²) in [5, 5.41) is 5.59. The summed E-state index contributed by atoms with van der Waals surface area (Å²) in [5.74, 6) is -0.189. The Morgan fingerprint density at radius 1 is 1.05 bits per heavy atom. The van der Waals surface area contributed by atoms with Crippen LogP contribution in [0.15, 0.2) is 24.3 Å². The van der Waals surface area contributed by atoms with Gasteiger partial charge in [0.1, 0.15) is 5.82 Å². The van der Waals surface area contributed by atoms with Crippen molar-refractivity contribution in [1.82, 2.24) is 10.6 Å². The molecule has 1 aromatic carbocycles. The third kappa shape index (κ3) is 5.17. The van der Waals surface area contributed by atoms with Crippen LogP contribution >= 0.6 is 0 Å². The lowest BCUT2D eigenvalue weighted by Crippen LogP contribution is -2.37. The van der Waals surface area contributed by atoms with Crippen LogP contribution in [0.3, 0.4) is 0 Å². The number of benzene rings is 1. The summed E-state index contributed by atoms with van der Waals surface area (Å²) in [6, 6.07) is 5.86. The van der Waals surface area contributed by atoms with Crippen molar-refractivity contribution in [2.75, 3.05) is 13.1 Å². The second kappa shape index (κ2) is 7.76. The van der Waals surface area contributed by atoms with Crippen LogP contribution in [0, 0.1) is 11.7 Å². The van der Waals surface area contributed by atoms with Crippen LogP contribution in [0.25, 0.3) is 0 Å². The summed E-state index contributed by atoms with van der Waals surface area (Å²) in [6.07, 6.45) is 4.43. The molecule has 0 atom stereocenters. The highest BCUT2D eigenvalue weighted by molar-refractivity contribution is 5.79. The van der Waals surface area contributed by atoms with Crippen LogP contribution in [-0.2, 0) is 16.0 Å². The first-order valence-corrected chi connectivity index (χ1v) is 7.44. The molecule has 0 heterocycles. The van der Waals surface area contributed by atoms with Gasteiger partial charge >= 0.3 is 0 Å². The SMILES string of the molecule is O=C(Cc1ccc(F)cc1)NCCNC(=O)C1CCCC1. The van der Waals surface area contributed by atoms with Crippen LogP contribution in [0.1, 0.15) is 31.2 Å². The summed E-state index contributed by atoms with van der Waals surface area (Å²) in [4.78, 5) is 23.4. The number of carbonyl (C=O) groups is 2. The fraction of sp³-hybridized carbons (Fsp3) is 0.500. The van der Waals surface area contributed by atoms with Crippen molar-refractivity contribution in [3.63, 3.8) is 0 Å². The molecule has 1 aliphatic carbocycles. The molecule has 1 aromatic rings. The van der Waals surface area contributed by atoms with Crippen molar-refractivity contribution in [3.05, 3.63) is 35.6 Å². The number of hydrogen-bond acceptors (Lipinski definition) is 2. The second-order valence-corrected chi connectivity index (χ2v) is 5.43. The quantitative estimate of drug-likeness (QED) is 0.785. The van der Waals surface area contributed by atoms with Crippen LogP contribution in [0.2, 0.25) is 0 Å². The van der Waals surface area contributed by atoms with Gasteiger partial charge in [-0.2, -0.15) is 0 Å². The van der Waals surface area contributed by atoms with Crippen LogP contribution in [0.4, 0.5) is 4.39 Å². The van der Waals surface area contributed by atoms with Crippen molar-refractivity contribution < 1.29 is 14.0 Å². The molecule has 114 valence electrons. The Hall–Kier alpha value is -1.91. The number of rotatable bonds is 6. The Morgan fingerprint density at radius 2 is 1.67 bits per heavy atom. The molecule has 2 amide bonds. The van der Waals surface area contributed by atoms with E-state index in [1.54, 1.807) is 12.1 Å². The van der Waals surface area contributed by atoms with E-state index in [1.807, 2.05) is 0 Å². The standard InChI is InChI=1S/C16H21FN2O2/c17-14-7-5-12(6-8-14)11-15(20)18-9-10-19-16(21)13-3-1-2-4-13/h5-8,13H,1-4,9-11H2,(H,18,20)(H,19,21). The van der Waals surface area contributed by atoms with E-state index < -0.39 is 0 Å². The minimum absolute atomic E-state index is 0.0975. The van der Waals surface area contributed by atoms with Gasteiger partial charge in [0.15, 0.2) is 0 Å². The van der Waals surface area contributed by atoms with Crippen LogP contribution < -0.4 is 10.6 Å². The number of halogens is 1. The molecule has 0 radical (unpaired) electrons. The highest BCUT2D eigenvalue weighted by atomic mass is 19.1. The normalized spacial score (nSPS) is 14.9. The third-order valence-corrected chi connectivity index (χ3v) is 3.75. The maximum Gasteiger partial charge on any atom is 0.224 e. The molecule has 5 heteroatoms. The minimum Gasteiger partial charge on any atom is -0.354 e. The zero-order valence-electron chi connectivity index (χ0n) is 12.0. The topological polar surface area (TPSA) is 58.2 Å². The van der Waals surface area contributed by atoms with Gasteiger partial charge in [-0.05, 0) is 30.5 Å². The molecular weight excluding hydrogens is 271 g/mol. The molecule has 1 fully saturated rings. The lowest BCUT2D eigenvalue weighted by atomic mass is 10.1. The summed E-state index contributed by atoms with van der Waals surface area (Å²) in [6.45, 7) is 0.864. The van der Waals surface area contributed by atoms with Gasteiger partial charge in [-0.3, -0.25) is 9.59 Å². The Labute approximate surface area is 124 Å². The van der Waals surface area contributed by atoms with Gasteiger partial charge in [-0.15, -0.1) is 0 Å². The van der Waals surface area contributed by atoms with Gasteiger partial charge in [0.05, 0.1) is 6.42 Å². The highest BCUT2D eigenvalue weighted by Gasteiger charge is 2.21. The molecular formula is C16H21FN2O2. The van der Waals surface area contributed by atoms with Crippen molar-refractivity contribution in [2.45, 2.75) is 32.1 Å². The largest absolute Gasteiger partial charge is 0.354 e. The number of carbonyl (C=O) groups excluding carboxylic acids is 2. The Bertz CT molecular complexity index is 482. The van der Waals surface area contributed by atoms with E-state index in [0.29, 0.717) is 13.1 Å². The predicted molar refractivity (Wildman–Crippen MR) is 78.1 cm³/mol. The van der Waals surface area contributed by atoms with E-state index in [4.69, 9.17) is 0 Å². The summed E-state index contributed by atoms with van der Waals surface area (Å²) in [5.41, 5.74) is 0.767. The van der Waals surface area contributed by atoms with E-state index in [0.717, 1.165) is 31.2 Å². The molecule has 0 bridgehead atoms. The maximum atomic E-state index is 12.7. The van der Waals surface area contributed by atoms with Gasteiger partial charge in [0, 0.05) is 19.0 Å². The molecule has 0 saturated heterocycles. The third-order valence-electron chi connectivity index (χ3n) is 3.75. The zero-order chi connectivity index (χ0) is 15.1. The highest BCUT2D eigenvalue weighted by Crippen LogP contribution is 2.24. The van der Waals surface area contributed by atoms with E-state index in [-0.39, 0.29) is 30.0 Å². The molecule has 2 rings (SSSR count). The van der Waals surface area contributed by atoms with Crippen molar-refractivity contribution >= 4 is 11.8 Å². The first-order valence-electron chi connectivity index (χ1n) is 7.44. The van der Waals surface area contributed by atoms with Gasteiger partial charge in [-0.1, -0.05) is 25.0 Å². The second-order valence-electron chi connectivity index (χ2n) is 5.43. The van der Waals surface area contributed by atoms with Gasteiger partial charge in [0.2, 0.25) is 11.8 Å². The van der Waals surface area contributed by atoms with Crippen LogP contribution in [-0.4, -0.2) is 24.9 Å². The molecule has 1 saturated carbocycles. The van der Waals surface area contributed by atoms with Crippen molar-refractivity contribution in [1.29, 1.82) is 0 Å². The number of nitrogens with one attached hydrogen (secondary N) is 2. The Balaban J connectivity index is 1.60. The average molecular weight is 292 g/mol. The smallest absolute Gasteiger partial charge is 0.224 e. The molecule has 1 aliphatic rings. The fourth-order valence-corrected chi connectivity index (χ4v) is 2.57. The van der Waals surface area contributed by atoms with E-state index in [1.165, 1.54) is 12.1 Å². The Morgan fingerprint density at radius 3 is 2.33 bits per heavy atom. The molecule has 2 N–H and O–H groups in total. The lowest BCUT2D eigenvalue weighted by Gasteiger charge is -2.11. The zero-order valence-corrected chi connectivity index (χ0v) is 12.0. The summed E-state index contributed by atoms with van der Waals surface area (Å²) in [7, 11) is 0. The summed E-state index contributed by atoms with van der Waals surface area (Å²) >= 11 is 0. The van der Waals surface area contributed by atoms with Crippen molar-refractivity contribution in [3.8, 4) is 0 Å². The van der Waals surface area contributed by atoms with Crippen LogP contribution in [0.5, 0.6) is 0 Å². The molecule has 0 aromatic heterocycles. The van der Waals surface area contributed by atoms with Gasteiger partial charge < -0.3 is 10.6 Å². The van der Waals surface area contributed by atoms with Gasteiger partial charge in [-0.25, -0.2) is 4.39 Å². The molecule has 21 heavy (non-hydrogen) atoms. The first kappa shape index (κ1) is 15.5.